The van der Waals surface area contributed by atoms with Gasteiger partial charge in [-0.2, -0.15) is 0 Å². The normalized spacial score (nSPS) is 14.7. The number of hydrogen-bond acceptors (Lipinski definition) is 4. The van der Waals surface area contributed by atoms with Gasteiger partial charge in [0.05, 0.1) is 16.6 Å². The van der Waals surface area contributed by atoms with Gasteiger partial charge in [-0.25, -0.2) is 0 Å². The fourth-order valence-corrected chi connectivity index (χ4v) is 3.35. The highest BCUT2D eigenvalue weighted by Gasteiger charge is 2.14. The molecule has 2 N–H and O–H groups in total. The van der Waals surface area contributed by atoms with Gasteiger partial charge in [0, 0.05) is 17.5 Å². The van der Waals surface area contributed by atoms with Crippen LogP contribution < -0.4 is 15.2 Å². The molecule has 0 bridgehead atoms. The zero-order valence-electron chi connectivity index (χ0n) is 11.6. The number of rotatable bonds is 4. The number of hydrogen-bond donors (Lipinski definition) is 1. The second-order valence-corrected chi connectivity index (χ2v) is 6.27. The van der Waals surface area contributed by atoms with Crippen LogP contribution in [0.5, 0.6) is 11.5 Å². The van der Waals surface area contributed by atoms with Gasteiger partial charge in [-0.15, -0.1) is 0 Å². The third-order valence-electron chi connectivity index (χ3n) is 3.30. The summed E-state index contributed by atoms with van der Waals surface area (Å²) in [5.74, 6) is 1.85. The van der Waals surface area contributed by atoms with Crippen LogP contribution in [0.3, 0.4) is 0 Å². The maximum absolute atomic E-state index is 12.5. The molecule has 3 rings (SSSR count). The lowest BCUT2D eigenvalue weighted by Gasteiger charge is -2.18. The van der Waals surface area contributed by atoms with E-state index in [9.17, 15) is 4.21 Å². The van der Waals surface area contributed by atoms with Crippen LogP contribution in [0, 0.1) is 0 Å². The van der Waals surface area contributed by atoms with Crippen LogP contribution in [0.1, 0.15) is 11.1 Å². The van der Waals surface area contributed by atoms with Crippen molar-refractivity contribution < 1.29 is 13.7 Å². The average molecular weight is 303 g/mol. The molecule has 2 aromatic carbocycles. The first-order valence-corrected chi connectivity index (χ1v) is 8.14. The molecular formula is C16H17NO3S. The lowest BCUT2D eigenvalue weighted by Crippen LogP contribution is -2.15. The van der Waals surface area contributed by atoms with Crippen molar-refractivity contribution in [3.63, 3.8) is 0 Å². The first-order chi connectivity index (χ1) is 10.3. The summed E-state index contributed by atoms with van der Waals surface area (Å²) in [5.41, 5.74) is 7.70. The minimum absolute atomic E-state index is 0.466. The van der Waals surface area contributed by atoms with Crippen molar-refractivity contribution in [3.05, 3.63) is 53.6 Å². The summed E-state index contributed by atoms with van der Waals surface area (Å²) in [7, 11) is -1.12. The maximum Gasteiger partial charge on any atom is 0.162 e. The minimum atomic E-state index is -1.12. The van der Waals surface area contributed by atoms with Crippen LogP contribution in [-0.2, 0) is 23.1 Å². The molecule has 0 aromatic heterocycles. The van der Waals surface area contributed by atoms with Crippen LogP contribution in [0.15, 0.2) is 47.4 Å². The standard InChI is InChI=1S/C16H17NO3S/c17-10-12-2-1-3-13(8-12)11-21(18)14-4-5-15-16(9-14)20-7-6-19-15/h1-5,8-9H,6-7,10-11,17H2. The van der Waals surface area contributed by atoms with Crippen molar-refractivity contribution in [3.8, 4) is 11.5 Å². The van der Waals surface area contributed by atoms with Gasteiger partial charge in [-0.05, 0) is 23.3 Å². The third kappa shape index (κ3) is 3.25. The molecule has 1 aliphatic heterocycles. The molecule has 0 saturated carbocycles. The van der Waals surface area contributed by atoms with Crippen LogP contribution in [-0.4, -0.2) is 17.4 Å². The summed E-state index contributed by atoms with van der Waals surface area (Å²) in [5, 5.41) is 0. The molecule has 2 aromatic rings. The molecule has 5 heteroatoms. The molecule has 0 amide bonds. The minimum Gasteiger partial charge on any atom is -0.486 e. The highest BCUT2D eigenvalue weighted by molar-refractivity contribution is 7.84. The van der Waals surface area contributed by atoms with Gasteiger partial charge in [0.2, 0.25) is 0 Å². The van der Waals surface area contributed by atoms with Gasteiger partial charge in [0.25, 0.3) is 0 Å². The highest BCUT2D eigenvalue weighted by Crippen LogP contribution is 2.32. The Kier molecular flexibility index (Phi) is 4.22. The van der Waals surface area contributed by atoms with E-state index in [2.05, 4.69) is 0 Å². The molecular weight excluding hydrogens is 286 g/mol. The molecule has 0 saturated heterocycles. The molecule has 0 fully saturated rings. The Morgan fingerprint density at radius 1 is 1.00 bits per heavy atom. The van der Waals surface area contributed by atoms with E-state index in [1.165, 1.54) is 0 Å². The molecule has 0 spiro atoms. The Labute approximate surface area is 126 Å². The fourth-order valence-electron chi connectivity index (χ4n) is 2.25. The summed E-state index contributed by atoms with van der Waals surface area (Å²) < 4.78 is 23.5. The lowest BCUT2D eigenvalue weighted by atomic mass is 10.1. The van der Waals surface area contributed by atoms with Crippen molar-refractivity contribution in [2.75, 3.05) is 13.2 Å². The Morgan fingerprint density at radius 2 is 1.76 bits per heavy atom. The van der Waals surface area contributed by atoms with Crippen LogP contribution >= 0.6 is 0 Å². The molecule has 1 aliphatic rings. The topological polar surface area (TPSA) is 61.6 Å². The van der Waals surface area contributed by atoms with Gasteiger partial charge >= 0.3 is 0 Å². The van der Waals surface area contributed by atoms with E-state index in [1.807, 2.05) is 36.4 Å². The van der Waals surface area contributed by atoms with Crippen molar-refractivity contribution in [2.45, 2.75) is 17.2 Å². The Hall–Kier alpha value is -1.85. The molecule has 1 atom stereocenters. The smallest absolute Gasteiger partial charge is 0.162 e. The number of nitrogens with two attached hydrogens (primary N) is 1. The predicted octanol–water partition coefficient (Wildman–Crippen LogP) is 2.22. The first-order valence-electron chi connectivity index (χ1n) is 6.82. The quantitative estimate of drug-likeness (QED) is 0.941. The van der Waals surface area contributed by atoms with Gasteiger partial charge in [0.1, 0.15) is 13.2 Å². The molecule has 1 unspecified atom stereocenters. The van der Waals surface area contributed by atoms with E-state index in [-0.39, 0.29) is 0 Å². The van der Waals surface area contributed by atoms with Crippen molar-refractivity contribution in [1.82, 2.24) is 0 Å². The zero-order chi connectivity index (χ0) is 14.7. The molecule has 21 heavy (non-hydrogen) atoms. The Bertz CT molecular complexity index is 672. The van der Waals surface area contributed by atoms with E-state index in [0.29, 0.717) is 37.0 Å². The lowest BCUT2D eigenvalue weighted by molar-refractivity contribution is 0.171. The van der Waals surface area contributed by atoms with E-state index in [0.717, 1.165) is 16.0 Å². The van der Waals surface area contributed by atoms with E-state index in [4.69, 9.17) is 15.2 Å². The van der Waals surface area contributed by atoms with E-state index >= 15 is 0 Å². The van der Waals surface area contributed by atoms with Crippen molar-refractivity contribution in [2.24, 2.45) is 5.73 Å². The van der Waals surface area contributed by atoms with E-state index < -0.39 is 10.8 Å². The third-order valence-corrected chi connectivity index (χ3v) is 4.68. The fraction of sp³-hybridized carbons (Fsp3) is 0.250. The number of ether oxygens (including phenoxy) is 2. The zero-order valence-corrected chi connectivity index (χ0v) is 12.4. The maximum atomic E-state index is 12.5. The van der Waals surface area contributed by atoms with E-state index in [1.54, 1.807) is 6.07 Å². The number of benzene rings is 2. The van der Waals surface area contributed by atoms with Gasteiger partial charge in [0.15, 0.2) is 11.5 Å². The molecule has 0 radical (unpaired) electrons. The first kappa shape index (κ1) is 14.1. The average Bonchev–Trinajstić information content (AvgIpc) is 2.54. The van der Waals surface area contributed by atoms with Crippen molar-refractivity contribution >= 4 is 10.8 Å². The second-order valence-electron chi connectivity index (χ2n) is 4.82. The highest BCUT2D eigenvalue weighted by atomic mass is 32.2. The summed E-state index contributed by atoms with van der Waals surface area (Å²) >= 11 is 0. The van der Waals surface area contributed by atoms with Crippen LogP contribution in [0.2, 0.25) is 0 Å². The van der Waals surface area contributed by atoms with Gasteiger partial charge in [-0.1, -0.05) is 24.3 Å². The predicted molar refractivity (Wildman–Crippen MR) is 81.9 cm³/mol. The molecule has 4 nitrogen and oxygen atoms in total. The Balaban J connectivity index is 1.78. The van der Waals surface area contributed by atoms with Crippen LogP contribution in [0.25, 0.3) is 0 Å². The van der Waals surface area contributed by atoms with Gasteiger partial charge in [-0.3, -0.25) is 4.21 Å². The van der Waals surface area contributed by atoms with Crippen LogP contribution in [0.4, 0.5) is 0 Å². The van der Waals surface area contributed by atoms with Gasteiger partial charge < -0.3 is 15.2 Å². The largest absolute Gasteiger partial charge is 0.486 e. The second kappa shape index (κ2) is 6.28. The Morgan fingerprint density at radius 3 is 2.57 bits per heavy atom. The summed E-state index contributed by atoms with van der Waals surface area (Å²) in [4.78, 5) is 0.748. The molecule has 0 aliphatic carbocycles. The molecule has 110 valence electrons. The molecule has 1 heterocycles. The summed E-state index contributed by atoms with van der Waals surface area (Å²) in [6, 6.07) is 13.3. The summed E-state index contributed by atoms with van der Waals surface area (Å²) in [6.45, 7) is 1.58. The number of fused-ring (bicyclic) bond motifs is 1. The summed E-state index contributed by atoms with van der Waals surface area (Å²) in [6.07, 6.45) is 0. The monoisotopic (exact) mass is 303 g/mol. The van der Waals surface area contributed by atoms with Crippen molar-refractivity contribution in [1.29, 1.82) is 0 Å². The SMILES string of the molecule is NCc1cccc(CS(=O)c2ccc3c(c2)OCCO3)c1.